The molecule has 0 fully saturated rings. The number of halogens is 6. The number of hydrogen-bond donors (Lipinski definition) is 1. The van der Waals surface area contributed by atoms with Gasteiger partial charge in [0.25, 0.3) is 5.56 Å². The topological polar surface area (TPSA) is 32.9 Å². The molecule has 1 N–H and O–H groups in total. The Morgan fingerprint density at radius 1 is 1.00 bits per heavy atom. The van der Waals surface area contributed by atoms with Crippen molar-refractivity contribution in [1.82, 2.24) is 4.98 Å². The van der Waals surface area contributed by atoms with Crippen molar-refractivity contribution in [2.45, 2.75) is 6.18 Å². The third-order valence-electron chi connectivity index (χ3n) is 2.51. The highest BCUT2D eigenvalue weighted by Crippen LogP contribution is 2.34. The van der Waals surface area contributed by atoms with Gasteiger partial charge >= 0.3 is 6.18 Å². The normalized spacial score (nSPS) is 11.7. The molecule has 2 rings (SSSR count). The molecule has 106 valence electrons. The highest BCUT2D eigenvalue weighted by atomic mass is 35.5. The number of H-pyrrole nitrogens is 1. The van der Waals surface area contributed by atoms with Crippen LogP contribution in [0.3, 0.4) is 0 Å². The number of hydrogen-bond acceptors (Lipinski definition) is 1. The molecule has 0 bridgehead atoms. The van der Waals surface area contributed by atoms with Crippen LogP contribution in [0.5, 0.6) is 0 Å². The molecule has 0 atom stereocenters. The predicted octanol–water partition coefficient (Wildman–Crippen LogP) is 5.02. The summed E-state index contributed by atoms with van der Waals surface area (Å²) in [5, 5.41) is 0.322. The second-order valence-electron chi connectivity index (χ2n) is 3.87. The van der Waals surface area contributed by atoms with Crippen molar-refractivity contribution in [1.29, 1.82) is 0 Å². The number of aromatic amines is 1. The summed E-state index contributed by atoms with van der Waals surface area (Å²) in [5.41, 5.74) is -1.73. The zero-order valence-corrected chi connectivity index (χ0v) is 11.8. The largest absolute Gasteiger partial charge is 0.431 e. The number of pyridine rings is 1. The van der Waals surface area contributed by atoms with E-state index in [0.29, 0.717) is 0 Å². The maximum absolute atomic E-state index is 12.5. The minimum atomic E-state index is -4.62. The van der Waals surface area contributed by atoms with Crippen LogP contribution in [0.15, 0.2) is 29.1 Å². The van der Waals surface area contributed by atoms with Crippen molar-refractivity contribution in [2.75, 3.05) is 0 Å². The summed E-state index contributed by atoms with van der Waals surface area (Å²) < 4.78 is 37.4. The summed E-state index contributed by atoms with van der Waals surface area (Å²) in [5.74, 6) is 0. The maximum Gasteiger partial charge on any atom is 0.431 e. The molecule has 2 aromatic rings. The van der Waals surface area contributed by atoms with E-state index in [1.54, 1.807) is 4.98 Å². The lowest BCUT2D eigenvalue weighted by Gasteiger charge is -2.08. The van der Waals surface area contributed by atoms with Gasteiger partial charge in [-0.25, -0.2) is 0 Å². The van der Waals surface area contributed by atoms with Crippen molar-refractivity contribution in [3.63, 3.8) is 0 Å². The molecule has 8 heteroatoms. The minimum absolute atomic E-state index is 0.0125. The molecule has 20 heavy (non-hydrogen) atoms. The number of rotatable bonds is 1. The van der Waals surface area contributed by atoms with Gasteiger partial charge in [-0.05, 0) is 29.8 Å². The molecule has 0 aliphatic carbocycles. The van der Waals surface area contributed by atoms with Crippen LogP contribution in [0.1, 0.15) is 5.69 Å². The Labute approximate surface area is 126 Å². The van der Waals surface area contributed by atoms with Gasteiger partial charge in [-0.3, -0.25) is 4.79 Å². The molecular weight excluding hydrogens is 337 g/mol. The van der Waals surface area contributed by atoms with Gasteiger partial charge in [-0.2, -0.15) is 13.2 Å². The van der Waals surface area contributed by atoms with Gasteiger partial charge in [0.2, 0.25) is 0 Å². The van der Waals surface area contributed by atoms with Crippen LogP contribution in [0.4, 0.5) is 13.2 Å². The van der Waals surface area contributed by atoms with Crippen molar-refractivity contribution >= 4 is 34.8 Å². The zero-order chi connectivity index (χ0) is 15.1. The molecule has 0 amide bonds. The van der Waals surface area contributed by atoms with Gasteiger partial charge in [0.15, 0.2) is 0 Å². The van der Waals surface area contributed by atoms with Gasteiger partial charge in [-0.15, -0.1) is 0 Å². The fourth-order valence-corrected chi connectivity index (χ4v) is 2.17. The lowest BCUT2D eigenvalue weighted by atomic mass is 10.1. The third kappa shape index (κ3) is 2.95. The monoisotopic (exact) mass is 341 g/mol. The standard InChI is InChI=1S/C12H5Cl3F3NO/c13-7-3-5(4-8(14)10(7)15)6-1-2-9(12(16,17)18)19-11(6)20/h1-4H,(H,19,20). The highest BCUT2D eigenvalue weighted by Gasteiger charge is 2.32. The molecule has 0 radical (unpaired) electrons. The van der Waals surface area contributed by atoms with Crippen LogP contribution in [-0.4, -0.2) is 4.98 Å². The first kappa shape index (κ1) is 15.2. The molecule has 0 aliphatic heterocycles. The van der Waals surface area contributed by atoms with Crippen LogP contribution in [-0.2, 0) is 6.18 Å². The van der Waals surface area contributed by atoms with E-state index in [4.69, 9.17) is 34.8 Å². The minimum Gasteiger partial charge on any atom is -0.318 e. The van der Waals surface area contributed by atoms with Gasteiger partial charge in [-0.1, -0.05) is 34.8 Å². The first-order valence-electron chi connectivity index (χ1n) is 5.15. The SMILES string of the molecule is O=c1[nH]c(C(F)(F)F)ccc1-c1cc(Cl)c(Cl)c(Cl)c1. The van der Waals surface area contributed by atoms with Gasteiger partial charge < -0.3 is 4.98 Å². The zero-order valence-electron chi connectivity index (χ0n) is 9.49. The van der Waals surface area contributed by atoms with Crippen molar-refractivity contribution in [3.05, 3.63) is 55.4 Å². The van der Waals surface area contributed by atoms with E-state index in [1.807, 2.05) is 0 Å². The Kier molecular flexibility index (Phi) is 4.04. The Bertz CT molecular complexity index is 702. The number of aromatic nitrogens is 1. The van der Waals surface area contributed by atoms with Gasteiger partial charge in [0.1, 0.15) is 5.69 Å². The molecule has 0 saturated carbocycles. The average molecular weight is 343 g/mol. The van der Waals surface area contributed by atoms with Crippen molar-refractivity contribution in [2.24, 2.45) is 0 Å². The first-order chi connectivity index (χ1) is 9.20. The van der Waals surface area contributed by atoms with Crippen LogP contribution in [0.2, 0.25) is 15.1 Å². The predicted molar refractivity (Wildman–Crippen MR) is 72.5 cm³/mol. The molecular formula is C12H5Cl3F3NO. The van der Waals surface area contributed by atoms with Gasteiger partial charge in [0, 0.05) is 5.56 Å². The number of nitrogens with one attached hydrogen (secondary N) is 1. The summed E-state index contributed by atoms with van der Waals surface area (Å²) in [6.45, 7) is 0. The molecule has 2 nitrogen and oxygen atoms in total. The highest BCUT2D eigenvalue weighted by molar-refractivity contribution is 6.48. The summed E-state index contributed by atoms with van der Waals surface area (Å²) in [6.07, 6.45) is -4.62. The van der Waals surface area contributed by atoms with E-state index in [0.717, 1.165) is 12.1 Å². The fraction of sp³-hybridized carbons (Fsp3) is 0.0833. The van der Waals surface area contributed by atoms with Crippen molar-refractivity contribution in [3.8, 4) is 11.1 Å². The van der Waals surface area contributed by atoms with Crippen LogP contribution < -0.4 is 5.56 Å². The van der Waals surface area contributed by atoms with Crippen LogP contribution >= 0.6 is 34.8 Å². The molecule has 1 aromatic heterocycles. The Morgan fingerprint density at radius 3 is 2.00 bits per heavy atom. The summed E-state index contributed by atoms with van der Waals surface area (Å²) in [6, 6.07) is 4.53. The number of benzene rings is 1. The molecule has 0 saturated heterocycles. The molecule has 0 unspecified atom stereocenters. The van der Waals surface area contributed by atoms with Crippen LogP contribution in [0.25, 0.3) is 11.1 Å². The third-order valence-corrected chi connectivity index (χ3v) is 3.71. The average Bonchev–Trinajstić information content (AvgIpc) is 2.34. The Morgan fingerprint density at radius 2 is 1.55 bits per heavy atom. The Balaban J connectivity index is 2.58. The van der Waals surface area contributed by atoms with E-state index in [9.17, 15) is 18.0 Å². The maximum atomic E-state index is 12.5. The van der Waals surface area contributed by atoms with E-state index in [1.165, 1.54) is 12.1 Å². The molecule has 0 spiro atoms. The smallest absolute Gasteiger partial charge is 0.318 e. The molecule has 0 aliphatic rings. The Hall–Kier alpha value is -1.17. The van der Waals surface area contributed by atoms with E-state index in [2.05, 4.69) is 0 Å². The lowest BCUT2D eigenvalue weighted by Crippen LogP contribution is -2.17. The fourth-order valence-electron chi connectivity index (χ4n) is 1.58. The van der Waals surface area contributed by atoms with E-state index >= 15 is 0 Å². The summed E-state index contributed by atoms with van der Waals surface area (Å²) in [4.78, 5) is 13.5. The second-order valence-corrected chi connectivity index (χ2v) is 5.06. The number of alkyl halides is 3. The van der Waals surface area contributed by atoms with Gasteiger partial charge in [0.05, 0.1) is 15.1 Å². The van der Waals surface area contributed by atoms with E-state index in [-0.39, 0.29) is 26.2 Å². The second kappa shape index (κ2) is 5.31. The first-order valence-corrected chi connectivity index (χ1v) is 6.29. The summed E-state index contributed by atoms with van der Waals surface area (Å²) >= 11 is 17.4. The van der Waals surface area contributed by atoms with Crippen LogP contribution in [0, 0.1) is 0 Å². The van der Waals surface area contributed by atoms with Crippen molar-refractivity contribution < 1.29 is 13.2 Å². The molecule has 1 heterocycles. The molecule has 1 aromatic carbocycles. The lowest BCUT2D eigenvalue weighted by molar-refractivity contribution is -0.141. The van der Waals surface area contributed by atoms with E-state index < -0.39 is 17.4 Å². The summed E-state index contributed by atoms with van der Waals surface area (Å²) in [7, 11) is 0. The quantitative estimate of drug-likeness (QED) is 0.725.